The van der Waals surface area contributed by atoms with Gasteiger partial charge in [0, 0.05) is 17.7 Å². The number of nitrogens with zero attached hydrogens (tertiary/aromatic N) is 1. The number of hydrogen-bond donors (Lipinski definition) is 2. The van der Waals surface area contributed by atoms with E-state index < -0.39 is 5.91 Å². The predicted octanol–water partition coefficient (Wildman–Crippen LogP) is 2.45. The van der Waals surface area contributed by atoms with E-state index in [0.29, 0.717) is 30.4 Å². The molecule has 0 spiro atoms. The van der Waals surface area contributed by atoms with E-state index in [2.05, 4.69) is 4.98 Å². The van der Waals surface area contributed by atoms with Crippen LogP contribution < -0.4 is 20.9 Å². The molecular weight excluding hydrogens is 334 g/mol. The zero-order chi connectivity index (χ0) is 18.5. The maximum atomic E-state index is 11.5. The van der Waals surface area contributed by atoms with Gasteiger partial charge >= 0.3 is 5.91 Å². The topological polar surface area (TPSA) is 114 Å². The minimum atomic E-state index is -0.728. The van der Waals surface area contributed by atoms with Crippen LogP contribution >= 0.6 is 0 Å². The Balaban J connectivity index is 2.00. The smallest absolute Gasteiger partial charge is 0.304 e. The Kier molecular flexibility index (Phi) is 5.19. The van der Waals surface area contributed by atoms with Gasteiger partial charge in [-0.3, -0.25) is 4.79 Å². The van der Waals surface area contributed by atoms with Gasteiger partial charge < -0.3 is 25.4 Å². The third kappa shape index (κ3) is 3.68. The number of carbonyl (C=O) groups is 1. The molecule has 0 radical (unpaired) electrons. The third-order valence-corrected chi connectivity index (χ3v) is 3.70. The van der Waals surface area contributed by atoms with Crippen molar-refractivity contribution in [3.8, 4) is 34.1 Å². The van der Waals surface area contributed by atoms with Gasteiger partial charge in [0.1, 0.15) is 23.8 Å². The molecule has 0 unspecified atom stereocenters. The molecule has 3 aromatic rings. The number of carbonyl (C=O) groups excluding carboxylic acids is 1. The normalized spacial score (nSPS) is 10.5. The van der Waals surface area contributed by atoms with Crippen LogP contribution in [-0.4, -0.2) is 31.2 Å². The van der Waals surface area contributed by atoms with Gasteiger partial charge in [0.05, 0.1) is 7.11 Å². The lowest BCUT2D eigenvalue weighted by Crippen LogP contribution is -2.10. The second kappa shape index (κ2) is 7.71. The van der Waals surface area contributed by atoms with E-state index in [1.807, 2.05) is 36.4 Å². The van der Waals surface area contributed by atoms with Crippen molar-refractivity contribution in [2.75, 3.05) is 20.3 Å². The van der Waals surface area contributed by atoms with Crippen LogP contribution in [0.25, 0.3) is 22.6 Å². The molecule has 0 saturated heterocycles. The fraction of sp³-hybridized carbons (Fsp3) is 0.158. The number of benzene rings is 2. The Hall–Kier alpha value is -3.32. The molecule has 0 atom stereocenters. The molecule has 134 valence electrons. The van der Waals surface area contributed by atoms with Gasteiger partial charge in [0.2, 0.25) is 0 Å². The summed E-state index contributed by atoms with van der Waals surface area (Å²) in [6.07, 6.45) is 0. The minimum absolute atomic E-state index is 0.144. The number of ether oxygens (including phenoxy) is 2. The number of methoxy groups -OCH3 is 1. The zero-order valence-electron chi connectivity index (χ0n) is 14.3. The Morgan fingerprint density at radius 1 is 1.04 bits per heavy atom. The van der Waals surface area contributed by atoms with Gasteiger partial charge in [-0.25, -0.2) is 4.98 Å². The third-order valence-electron chi connectivity index (χ3n) is 3.70. The molecule has 7 heteroatoms. The zero-order valence-corrected chi connectivity index (χ0v) is 14.3. The fourth-order valence-corrected chi connectivity index (χ4v) is 2.45. The molecule has 7 nitrogen and oxygen atoms in total. The first-order chi connectivity index (χ1) is 12.6. The Labute approximate surface area is 150 Å². The molecule has 1 amide bonds. The summed E-state index contributed by atoms with van der Waals surface area (Å²) in [7, 11) is 1.59. The highest BCUT2D eigenvalue weighted by atomic mass is 16.5. The van der Waals surface area contributed by atoms with Gasteiger partial charge in [-0.05, 0) is 48.5 Å². The van der Waals surface area contributed by atoms with E-state index in [1.54, 1.807) is 19.2 Å². The molecule has 1 aromatic heterocycles. The molecule has 1 heterocycles. The average molecular weight is 353 g/mol. The van der Waals surface area contributed by atoms with Gasteiger partial charge in [0.15, 0.2) is 5.76 Å². The van der Waals surface area contributed by atoms with Crippen LogP contribution in [-0.2, 0) is 0 Å². The van der Waals surface area contributed by atoms with Crippen LogP contribution in [0, 0.1) is 0 Å². The monoisotopic (exact) mass is 353 g/mol. The molecule has 0 fully saturated rings. The van der Waals surface area contributed by atoms with E-state index >= 15 is 0 Å². The summed E-state index contributed by atoms with van der Waals surface area (Å²) >= 11 is 0. The van der Waals surface area contributed by atoms with E-state index in [0.717, 1.165) is 16.9 Å². The van der Waals surface area contributed by atoms with Crippen molar-refractivity contribution in [1.29, 1.82) is 0 Å². The van der Waals surface area contributed by atoms with Crippen LogP contribution in [0.3, 0.4) is 0 Å². The minimum Gasteiger partial charge on any atom is -0.497 e. The molecule has 0 saturated carbocycles. The summed E-state index contributed by atoms with van der Waals surface area (Å²) in [5, 5.41) is 0. The van der Waals surface area contributed by atoms with Gasteiger partial charge in [0.25, 0.3) is 5.89 Å². The number of primary amides is 1. The molecular formula is C19H19N3O4. The highest BCUT2D eigenvalue weighted by Gasteiger charge is 2.19. The van der Waals surface area contributed by atoms with Gasteiger partial charge in [-0.2, -0.15) is 0 Å². The molecule has 0 aliphatic heterocycles. The number of oxazole rings is 1. The van der Waals surface area contributed by atoms with Crippen LogP contribution in [0.2, 0.25) is 0 Å². The maximum Gasteiger partial charge on any atom is 0.304 e. The summed E-state index contributed by atoms with van der Waals surface area (Å²) in [5.41, 5.74) is 12.8. The van der Waals surface area contributed by atoms with E-state index in [-0.39, 0.29) is 5.89 Å². The lowest BCUT2D eigenvalue weighted by molar-refractivity contribution is 0.0968. The van der Waals surface area contributed by atoms with Crippen LogP contribution in [0.5, 0.6) is 11.5 Å². The molecule has 3 rings (SSSR count). The second-order valence-corrected chi connectivity index (χ2v) is 5.45. The van der Waals surface area contributed by atoms with Crippen LogP contribution in [0.15, 0.2) is 52.9 Å². The lowest BCUT2D eigenvalue weighted by Gasteiger charge is -2.06. The quantitative estimate of drug-likeness (QED) is 0.674. The largest absolute Gasteiger partial charge is 0.497 e. The average Bonchev–Trinajstić information content (AvgIpc) is 3.12. The van der Waals surface area contributed by atoms with Crippen molar-refractivity contribution in [3.63, 3.8) is 0 Å². The van der Waals surface area contributed by atoms with Gasteiger partial charge in [-0.1, -0.05) is 0 Å². The summed E-state index contributed by atoms with van der Waals surface area (Å²) in [4.78, 5) is 15.8. The fourth-order valence-electron chi connectivity index (χ4n) is 2.45. The summed E-state index contributed by atoms with van der Waals surface area (Å²) in [6.45, 7) is 0.873. The molecule has 0 aliphatic carbocycles. The first-order valence-electron chi connectivity index (χ1n) is 8.00. The van der Waals surface area contributed by atoms with E-state index in [1.165, 1.54) is 0 Å². The lowest BCUT2D eigenvalue weighted by atomic mass is 10.1. The first kappa shape index (κ1) is 17.5. The number of amides is 1. The van der Waals surface area contributed by atoms with Crippen molar-refractivity contribution in [1.82, 2.24) is 4.98 Å². The van der Waals surface area contributed by atoms with E-state index in [4.69, 9.17) is 25.4 Å². The highest BCUT2D eigenvalue weighted by Crippen LogP contribution is 2.34. The molecule has 0 bridgehead atoms. The molecule has 2 aromatic carbocycles. The maximum absolute atomic E-state index is 11.5. The van der Waals surface area contributed by atoms with Crippen LogP contribution in [0.1, 0.15) is 10.7 Å². The van der Waals surface area contributed by atoms with Crippen molar-refractivity contribution in [2.24, 2.45) is 11.5 Å². The van der Waals surface area contributed by atoms with Crippen molar-refractivity contribution >= 4 is 5.91 Å². The first-order valence-corrected chi connectivity index (χ1v) is 8.00. The van der Waals surface area contributed by atoms with Crippen LogP contribution in [0.4, 0.5) is 0 Å². The summed E-state index contributed by atoms with van der Waals surface area (Å²) in [6, 6.07) is 14.5. The standard InChI is InChI=1S/C19H19N3O4/c1-24-14-6-2-12(3-7-14)16-17(26-19(22-16)18(21)23)13-4-8-15(9-5-13)25-11-10-20/h2-9H,10-11,20H2,1H3,(H2,21,23). The van der Waals surface area contributed by atoms with Crippen molar-refractivity contribution in [2.45, 2.75) is 0 Å². The van der Waals surface area contributed by atoms with Crippen molar-refractivity contribution < 1.29 is 18.7 Å². The molecule has 4 N–H and O–H groups in total. The summed E-state index contributed by atoms with van der Waals surface area (Å²) < 4.78 is 16.3. The van der Waals surface area contributed by atoms with Crippen molar-refractivity contribution in [3.05, 3.63) is 54.4 Å². The number of hydrogen-bond acceptors (Lipinski definition) is 6. The predicted molar refractivity (Wildman–Crippen MR) is 97.0 cm³/mol. The Morgan fingerprint density at radius 3 is 2.23 bits per heavy atom. The Morgan fingerprint density at radius 2 is 1.65 bits per heavy atom. The number of aromatic nitrogens is 1. The molecule has 26 heavy (non-hydrogen) atoms. The summed E-state index contributed by atoms with van der Waals surface area (Å²) in [5.74, 6) is 0.993. The number of rotatable bonds is 7. The van der Waals surface area contributed by atoms with Gasteiger partial charge in [-0.15, -0.1) is 0 Å². The SMILES string of the molecule is COc1ccc(-c2nc(C(N)=O)oc2-c2ccc(OCCN)cc2)cc1. The molecule has 0 aliphatic rings. The van der Waals surface area contributed by atoms with E-state index in [9.17, 15) is 4.79 Å². The number of nitrogens with two attached hydrogens (primary N) is 2. The highest BCUT2D eigenvalue weighted by molar-refractivity contribution is 5.90. The Bertz CT molecular complexity index is 886. The second-order valence-electron chi connectivity index (χ2n) is 5.45.